The summed E-state index contributed by atoms with van der Waals surface area (Å²) in [5, 5.41) is 0. The Morgan fingerprint density at radius 1 is 0.765 bits per heavy atom. The summed E-state index contributed by atoms with van der Waals surface area (Å²) in [5.41, 5.74) is 0. The number of hydrogen-bond donors (Lipinski definition) is 0. The van der Waals surface area contributed by atoms with Gasteiger partial charge in [-0.05, 0) is 30.6 Å². The van der Waals surface area contributed by atoms with Crippen LogP contribution in [0.2, 0.25) is 0 Å². The fourth-order valence-corrected chi connectivity index (χ4v) is 2.77. The largest absolute Gasteiger partial charge is 0.0654 e. The molecule has 0 aliphatic rings. The maximum absolute atomic E-state index is 2.42. The molecule has 0 aliphatic heterocycles. The molecule has 2 atom stereocenters. The molecule has 0 spiro atoms. The lowest BCUT2D eigenvalue weighted by molar-refractivity contribution is 0.302. The highest BCUT2D eigenvalue weighted by molar-refractivity contribution is 4.65. The van der Waals surface area contributed by atoms with Crippen molar-refractivity contribution in [1.29, 1.82) is 0 Å². The molecule has 0 amide bonds. The van der Waals surface area contributed by atoms with Gasteiger partial charge >= 0.3 is 0 Å². The average molecular weight is 240 g/mol. The van der Waals surface area contributed by atoms with E-state index < -0.39 is 0 Å². The van der Waals surface area contributed by atoms with E-state index in [1.165, 1.54) is 57.8 Å². The van der Waals surface area contributed by atoms with Gasteiger partial charge < -0.3 is 0 Å². The summed E-state index contributed by atoms with van der Waals surface area (Å²) in [6.07, 6.45) is 12.9. The zero-order valence-corrected chi connectivity index (χ0v) is 13.1. The van der Waals surface area contributed by atoms with Crippen molar-refractivity contribution in [2.24, 2.45) is 17.8 Å². The fourth-order valence-electron chi connectivity index (χ4n) is 2.77. The molecule has 0 aromatic heterocycles. The minimum absolute atomic E-state index is 0.875. The molecule has 0 N–H and O–H groups in total. The van der Waals surface area contributed by atoms with Crippen LogP contribution in [0.5, 0.6) is 0 Å². The molecule has 0 heteroatoms. The lowest BCUT2D eigenvalue weighted by atomic mass is 9.84. The first-order valence-electron chi connectivity index (χ1n) is 8.10. The van der Waals surface area contributed by atoms with E-state index in [1.807, 2.05) is 0 Å². The van der Waals surface area contributed by atoms with Gasteiger partial charge in [-0.3, -0.25) is 0 Å². The van der Waals surface area contributed by atoms with Crippen LogP contribution in [-0.2, 0) is 0 Å². The summed E-state index contributed by atoms with van der Waals surface area (Å²) in [7, 11) is 0. The third-order valence-corrected chi connectivity index (χ3v) is 3.95. The zero-order chi connectivity index (χ0) is 13.1. The Balaban J connectivity index is 3.76. The van der Waals surface area contributed by atoms with E-state index in [1.54, 1.807) is 0 Å². The van der Waals surface area contributed by atoms with Crippen LogP contribution < -0.4 is 0 Å². The molecule has 0 bridgehead atoms. The van der Waals surface area contributed by atoms with Crippen molar-refractivity contribution >= 4 is 0 Å². The smallest absolute Gasteiger partial charge is 0.0409 e. The molecule has 0 heterocycles. The van der Waals surface area contributed by atoms with Crippen LogP contribution in [0, 0.1) is 17.8 Å². The predicted octanol–water partition coefficient (Wildman–Crippen LogP) is 6.45. The van der Waals surface area contributed by atoms with Gasteiger partial charge in [0.15, 0.2) is 0 Å². The third-order valence-electron chi connectivity index (χ3n) is 3.95. The first-order valence-corrected chi connectivity index (χ1v) is 8.10. The van der Waals surface area contributed by atoms with Gasteiger partial charge in [0.1, 0.15) is 0 Å². The summed E-state index contributed by atoms with van der Waals surface area (Å²) >= 11 is 0. The molecule has 0 aromatic carbocycles. The van der Waals surface area contributed by atoms with Crippen LogP contribution in [0.1, 0.15) is 92.4 Å². The Bertz CT molecular complexity index is 148. The van der Waals surface area contributed by atoms with Gasteiger partial charge in [-0.1, -0.05) is 79.6 Å². The molecule has 0 aromatic rings. The van der Waals surface area contributed by atoms with Gasteiger partial charge in [-0.25, -0.2) is 0 Å². The molecular weight excluding hydrogens is 204 g/mol. The second kappa shape index (κ2) is 11.1. The fraction of sp³-hybridized carbons (Fsp3) is 1.00. The van der Waals surface area contributed by atoms with E-state index in [0.29, 0.717) is 0 Å². The van der Waals surface area contributed by atoms with Crippen LogP contribution in [0.4, 0.5) is 0 Å². The average Bonchev–Trinajstić information content (AvgIpc) is 2.27. The molecular formula is C17H36. The van der Waals surface area contributed by atoms with Gasteiger partial charge in [0, 0.05) is 0 Å². The Kier molecular flexibility index (Phi) is 11.1. The van der Waals surface area contributed by atoms with Crippen molar-refractivity contribution in [2.75, 3.05) is 0 Å². The van der Waals surface area contributed by atoms with Crippen LogP contribution in [-0.4, -0.2) is 0 Å². The number of rotatable bonds is 11. The maximum Gasteiger partial charge on any atom is -0.0409 e. The highest BCUT2D eigenvalue weighted by Gasteiger charge is 2.13. The van der Waals surface area contributed by atoms with E-state index in [0.717, 1.165) is 17.8 Å². The quantitative estimate of drug-likeness (QED) is 0.364. The molecule has 104 valence electrons. The molecule has 0 saturated heterocycles. The van der Waals surface area contributed by atoms with Crippen LogP contribution >= 0.6 is 0 Å². The van der Waals surface area contributed by atoms with Crippen molar-refractivity contribution < 1.29 is 0 Å². The van der Waals surface area contributed by atoms with Gasteiger partial charge in [-0.15, -0.1) is 0 Å². The van der Waals surface area contributed by atoms with Crippen molar-refractivity contribution in [3.8, 4) is 0 Å². The van der Waals surface area contributed by atoms with E-state index in [4.69, 9.17) is 0 Å². The first kappa shape index (κ1) is 17.0. The van der Waals surface area contributed by atoms with Crippen molar-refractivity contribution in [1.82, 2.24) is 0 Å². The van der Waals surface area contributed by atoms with Crippen molar-refractivity contribution in [3.05, 3.63) is 0 Å². The maximum atomic E-state index is 2.42. The summed E-state index contributed by atoms with van der Waals surface area (Å²) in [6, 6.07) is 0. The highest BCUT2D eigenvalue weighted by Crippen LogP contribution is 2.26. The standard InChI is InChI=1S/C17H36/c1-6-8-9-10-11-12-17(13-15(3)4)14-16(5)7-2/h15-17H,6-14H2,1-5H3. The van der Waals surface area contributed by atoms with E-state index >= 15 is 0 Å². The summed E-state index contributed by atoms with van der Waals surface area (Å²) in [6.45, 7) is 11.8. The second-order valence-corrected chi connectivity index (χ2v) is 6.45. The minimum Gasteiger partial charge on any atom is -0.0654 e. The van der Waals surface area contributed by atoms with Crippen LogP contribution in [0.15, 0.2) is 0 Å². The van der Waals surface area contributed by atoms with E-state index in [-0.39, 0.29) is 0 Å². The topological polar surface area (TPSA) is 0 Å². The Hall–Kier alpha value is 0. The summed E-state index contributed by atoms with van der Waals surface area (Å²) in [5.74, 6) is 2.79. The number of hydrogen-bond acceptors (Lipinski definition) is 0. The second-order valence-electron chi connectivity index (χ2n) is 6.45. The summed E-state index contributed by atoms with van der Waals surface area (Å²) < 4.78 is 0. The molecule has 0 radical (unpaired) electrons. The van der Waals surface area contributed by atoms with Crippen molar-refractivity contribution in [2.45, 2.75) is 92.4 Å². The Morgan fingerprint density at radius 2 is 1.41 bits per heavy atom. The molecule has 0 saturated carbocycles. The van der Waals surface area contributed by atoms with Gasteiger partial charge in [0.05, 0.1) is 0 Å². The number of unbranched alkanes of at least 4 members (excludes halogenated alkanes) is 4. The SMILES string of the molecule is CCCCCCCC(CC(C)C)CC(C)CC. The van der Waals surface area contributed by atoms with Gasteiger partial charge in [0.25, 0.3) is 0 Å². The normalized spacial score (nSPS) is 15.2. The lowest BCUT2D eigenvalue weighted by Crippen LogP contribution is -2.09. The third kappa shape index (κ3) is 10.9. The molecule has 0 fully saturated rings. The Morgan fingerprint density at radius 3 is 1.94 bits per heavy atom. The van der Waals surface area contributed by atoms with Crippen LogP contribution in [0.25, 0.3) is 0 Å². The monoisotopic (exact) mass is 240 g/mol. The predicted molar refractivity (Wildman–Crippen MR) is 80.4 cm³/mol. The molecule has 2 unspecified atom stereocenters. The summed E-state index contributed by atoms with van der Waals surface area (Å²) in [4.78, 5) is 0. The van der Waals surface area contributed by atoms with Gasteiger partial charge in [-0.2, -0.15) is 0 Å². The zero-order valence-electron chi connectivity index (χ0n) is 13.1. The van der Waals surface area contributed by atoms with E-state index in [2.05, 4.69) is 34.6 Å². The first-order chi connectivity index (χ1) is 8.10. The molecule has 0 rings (SSSR count). The minimum atomic E-state index is 0.875. The highest BCUT2D eigenvalue weighted by atomic mass is 14.2. The van der Waals surface area contributed by atoms with Crippen molar-refractivity contribution in [3.63, 3.8) is 0 Å². The molecule has 0 aliphatic carbocycles. The molecule has 17 heavy (non-hydrogen) atoms. The van der Waals surface area contributed by atoms with E-state index in [9.17, 15) is 0 Å². The molecule has 0 nitrogen and oxygen atoms in total. The Labute approximate surface area is 111 Å². The van der Waals surface area contributed by atoms with Gasteiger partial charge in [0.2, 0.25) is 0 Å². The lowest BCUT2D eigenvalue weighted by Gasteiger charge is -2.22. The van der Waals surface area contributed by atoms with Crippen LogP contribution in [0.3, 0.4) is 0 Å².